The van der Waals surface area contributed by atoms with Gasteiger partial charge in [0, 0.05) is 31.4 Å². The number of hydrogen-bond donors (Lipinski definition) is 0. The lowest BCUT2D eigenvalue weighted by Gasteiger charge is -2.21. The molecule has 0 saturated carbocycles. The third-order valence-electron chi connectivity index (χ3n) is 2.35. The summed E-state index contributed by atoms with van der Waals surface area (Å²) in [6.07, 6.45) is 0.865. The third-order valence-corrected chi connectivity index (χ3v) is 2.35. The monoisotopic (exact) mass is 206 g/mol. The van der Waals surface area contributed by atoms with Gasteiger partial charge in [0.15, 0.2) is 0 Å². The van der Waals surface area contributed by atoms with Crippen LogP contribution in [-0.4, -0.2) is 45.4 Å². The maximum absolute atomic E-state index is 10.5. The van der Waals surface area contributed by atoms with Gasteiger partial charge in [-0.25, -0.2) is 0 Å². The van der Waals surface area contributed by atoms with Crippen molar-refractivity contribution in [2.24, 2.45) is 0 Å². The Hall–Kier alpha value is -1.35. The molecule has 0 amide bonds. The number of carbonyl (C=O) groups is 1. The molecule has 1 aromatic rings. The average molecular weight is 206 g/mol. The van der Waals surface area contributed by atoms with E-state index in [1.807, 2.05) is 24.3 Å². The van der Waals surface area contributed by atoms with E-state index in [9.17, 15) is 4.79 Å². The predicted molar refractivity (Wildman–Crippen MR) is 63.7 cm³/mol. The third kappa shape index (κ3) is 3.72. The first-order valence-corrected chi connectivity index (χ1v) is 5.04. The summed E-state index contributed by atoms with van der Waals surface area (Å²) in [5, 5.41) is 0. The van der Waals surface area contributed by atoms with Crippen molar-refractivity contribution in [3.05, 3.63) is 29.8 Å². The van der Waals surface area contributed by atoms with Crippen LogP contribution in [-0.2, 0) is 0 Å². The van der Waals surface area contributed by atoms with E-state index in [0.29, 0.717) is 0 Å². The van der Waals surface area contributed by atoms with Crippen molar-refractivity contribution in [2.75, 3.05) is 39.1 Å². The highest BCUT2D eigenvalue weighted by atomic mass is 16.1. The van der Waals surface area contributed by atoms with Crippen molar-refractivity contribution in [3.8, 4) is 0 Å². The van der Waals surface area contributed by atoms with Crippen molar-refractivity contribution in [1.29, 1.82) is 0 Å². The fourth-order valence-electron chi connectivity index (χ4n) is 1.29. The number of benzene rings is 1. The Bertz CT molecular complexity index is 306. The van der Waals surface area contributed by atoms with Crippen molar-refractivity contribution in [2.45, 2.75) is 0 Å². The summed E-state index contributed by atoms with van der Waals surface area (Å²) in [5.41, 5.74) is 1.86. The molecule has 0 saturated heterocycles. The van der Waals surface area contributed by atoms with Gasteiger partial charge in [0.25, 0.3) is 0 Å². The van der Waals surface area contributed by atoms with E-state index in [4.69, 9.17) is 0 Å². The van der Waals surface area contributed by atoms with Crippen molar-refractivity contribution in [3.63, 3.8) is 0 Å². The van der Waals surface area contributed by atoms with Crippen LogP contribution in [0.1, 0.15) is 10.4 Å². The van der Waals surface area contributed by atoms with Crippen LogP contribution in [0.2, 0.25) is 0 Å². The molecule has 3 nitrogen and oxygen atoms in total. The number of hydrogen-bond acceptors (Lipinski definition) is 3. The van der Waals surface area contributed by atoms with E-state index in [1.165, 1.54) is 0 Å². The number of rotatable bonds is 5. The van der Waals surface area contributed by atoms with E-state index in [1.54, 1.807) is 0 Å². The normalized spacial score (nSPS) is 10.4. The number of carbonyl (C=O) groups excluding carboxylic acids is 1. The van der Waals surface area contributed by atoms with Gasteiger partial charge in [0.1, 0.15) is 6.29 Å². The molecule has 0 atom stereocenters. The molecule has 0 unspecified atom stereocenters. The molecule has 0 N–H and O–H groups in total. The van der Waals surface area contributed by atoms with E-state index in [-0.39, 0.29) is 0 Å². The molecular weight excluding hydrogens is 188 g/mol. The highest BCUT2D eigenvalue weighted by molar-refractivity contribution is 5.75. The minimum atomic E-state index is 0.722. The van der Waals surface area contributed by atoms with Crippen LogP contribution in [0.25, 0.3) is 0 Å². The van der Waals surface area contributed by atoms with E-state index >= 15 is 0 Å². The highest BCUT2D eigenvalue weighted by Gasteiger charge is 2.00. The second-order valence-electron chi connectivity index (χ2n) is 3.93. The quantitative estimate of drug-likeness (QED) is 0.682. The topological polar surface area (TPSA) is 23.6 Å². The fourth-order valence-corrected chi connectivity index (χ4v) is 1.29. The molecule has 0 bridgehead atoms. The summed E-state index contributed by atoms with van der Waals surface area (Å²) in [6.45, 7) is 2.00. The van der Waals surface area contributed by atoms with Crippen molar-refractivity contribution >= 4 is 12.0 Å². The van der Waals surface area contributed by atoms with E-state index in [0.717, 1.165) is 30.6 Å². The Balaban J connectivity index is 2.57. The lowest BCUT2D eigenvalue weighted by Crippen LogP contribution is -2.28. The second kappa shape index (κ2) is 5.51. The van der Waals surface area contributed by atoms with Gasteiger partial charge in [-0.3, -0.25) is 4.79 Å². The van der Waals surface area contributed by atoms with Crippen LogP contribution in [0, 0.1) is 0 Å². The second-order valence-corrected chi connectivity index (χ2v) is 3.93. The molecule has 82 valence electrons. The molecule has 0 aromatic heterocycles. The minimum Gasteiger partial charge on any atom is -0.373 e. The Morgan fingerprint density at radius 3 is 2.13 bits per heavy atom. The molecule has 3 heteroatoms. The van der Waals surface area contributed by atoms with Crippen LogP contribution in [0.3, 0.4) is 0 Å². The first-order valence-electron chi connectivity index (χ1n) is 5.04. The van der Waals surface area contributed by atoms with Gasteiger partial charge in [-0.05, 0) is 38.4 Å². The molecule has 1 aromatic carbocycles. The van der Waals surface area contributed by atoms with Gasteiger partial charge < -0.3 is 9.80 Å². The average Bonchev–Trinajstić information content (AvgIpc) is 2.26. The zero-order valence-corrected chi connectivity index (χ0v) is 9.60. The molecule has 0 aliphatic carbocycles. The largest absolute Gasteiger partial charge is 0.373 e. The minimum absolute atomic E-state index is 0.722. The molecule has 0 heterocycles. The molecule has 0 aliphatic rings. The standard InChI is InChI=1S/C12H18N2O/c1-13(2)8-9-14(3)12-6-4-11(10-15)5-7-12/h4-7,10H,8-9H2,1-3H3. The molecule has 15 heavy (non-hydrogen) atoms. The van der Waals surface area contributed by atoms with Gasteiger partial charge >= 0.3 is 0 Å². The fraction of sp³-hybridized carbons (Fsp3) is 0.417. The van der Waals surface area contributed by atoms with Crippen molar-refractivity contribution < 1.29 is 4.79 Å². The van der Waals surface area contributed by atoms with Crippen LogP contribution >= 0.6 is 0 Å². The van der Waals surface area contributed by atoms with Gasteiger partial charge in [0.05, 0.1) is 0 Å². The van der Waals surface area contributed by atoms with Crippen LogP contribution in [0.5, 0.6) is 0 Å². The van der Waals surface area contributed by atoms with E-state index < -0.39 is 0 Å². The zero-order chi connectivity index (χ0) is 11.3. The summed E-state index contributed by atoms with van der Waals surface area (Å²) in [6, 6.07) is 7.63. The van der Waals surface area contributed by atoms with Crippen molar-refractivity contribution in [1.82, 2.24) is 4.90 Å². The lowest BCUT2D eigenvalue weighted by atomic mass is 10.2. The van der Waals surface area contributed by atoms with Gasteiger partial charge in [-0.15, -0.1) is 0 Å². The first-order chi connectivity index (χ1) is 7.13. The SMILES string of the molecule is CN(C)CCN(C)c1ccc(C=O)cc1. The van der Waals surface area contributed by atoms with Gasteiger partial charge in [-0.2, -0.15) is 0 Å². The molecule has 0 fully saturated rings. The number of likely N-dealkylation sites (N-methyl/N-ethyl adjacent to an activating group) is 2. The van der Waals surface area contributed by atoms with Crippen LogP contribution in [0.15, 0.2) is 24.3 Å². The molecule has 0 radical (unpaired) electrons. The summed E-state index contributed by atoms with van der Waals surface area (Å²) in [7, 11) is 6.17. The number of nitrogens with zero attached hydrogens (tertiary/aromatic N) is 2. The van der Waals surface area contributed by atoms with Crippen LogP contribution in [0.4, 0.5) is 5.69 Å². The van der Waals surface area contributed by atoms with E-state index in [2.05, 4.69) is 30.9 Å². The summed E-state index contributed by atoms with van der Waals surface area (Å²) in [4.78, 5) is 14.8. The van der Waals surface area contributed by atoms with Crippen LogP contribution < -0.4 is 4.90 Å². The Morgan fingerprint density at radius 2 is 1.67 bits per heavy atom. The molecule has 0 aliphatic heterocycles. The summed E-state index contributed by atoms with van der Waals surface area (Å²) < 4.78 is 0. The maximum Gasteiger partial charge on any atom is 0.150 e. The Labute approximate surface area is 91.3 Å². The van der Waals surface area contributed by atoms with Gasteiger partial charge in [0.2, 0.25) is 0 Å². The first kappa shape index (κ1) is 11.7. The highest BCUT2D eigenvalue weighted by Crippen LogP contribution is 2.12. The molecular formula is C12H18N2O. The summed E-state index contributed by atoms with van der Waals surface area (Å²) in [5.74, 6) is 0. The number of aldehydes is 1. The predicted octanol–water partition coefficient (Wildman–Crippen LogP) is 1.50. The summed E-state index contributed by atoms with van der Waals surface area (Å²) >= 11 is 0. The Morgan fingerprint density at radius 1 is 1.07 bits per heavy atom. The van der Waals surface area contributed by atoms with Gasteiger partial charge in [-0.1, -0.05) is 0 Å². The zero-order valence-electron chi connectivity index (χ0n) is 9.60. The smallest absolute Gasteiger partial charge is 0.150 e. The Kier molecular flexibility index (Phi) is 4.31. The molecule has 0 spiro atoms. The number of anilines is 1. The maximum atomic E-state index is 10.5. The lowest BCUT2D eigenvalue weighted by molar-refractivity contribution is 0.112. The molecule has 1 rings (SSSR count).